The molecule has 0 saturated carbocycles. The summed E-state index contributed by atoms with van der Waals surface area (Å²) < 4.78 is 5.02. The van der Waals surface area contributed by atoms with Gasteiger partial charge in [-0.05, 0) is 12.5 Å². The average Bonchev–Trinajstić information content (AvgIpc) is 2.82. The van der Waals surface area contributed by atoms with Gasteiger partial charge in [0.2, 0.25) is 0 Å². The van der Waals surface area contributed by atoms with Crippen LogP contribution >= 0.6 is 0 Å². The van der Waals surface area contributed by atoms with E-state index in [1.807, 2.05) is 31.2 Å². The number of benzene rings is 1. The molecule has 0 radical (unpaired) electrons. The molecule has 68 valence electrons. The van der Waals surface area contributed by atoms with Gasteiger partial charge < -0.3 is 9.84 Å². The minimum Gasteiger partial charge on any atom is -0.479 e. The van der Waals surface area contributed by atoms with Gasteiger partial charge in [0.1, 0.15) is 6.10 Å². The summed E-state index contributed by atoms with van der Waals surface area (Å²) in [7, 11) is 0. The van der Waals surface area contributed by atoms with E-state index in [1.54, 1.807) is 0 Å². The Bertz CT molecular complexity index is 346. The van der Waals surface area contributed by atoms with E-state index in [0.717, 1.165) is 11.1 Å². The van der Waals surface area contributed by atoms with E-state index in [2.05, 4.69) is 0 Å². The number of aryl methyl sites for hydroxylation is 1. The quantitative estimate of drug-likeness (QED) is 0.698. The monoisotopic (exact) mass is 178 g/mol. The number of epoxide rings is 1. The van der Waals surface area contributed by atoms with Crippen molar-refractivity contribution < 1.29 is 14.6 Å². The fourth-order valence-corrected chi connectivity index (χ4v) is 1.40. The SMILES string of the molecule is Cc1cccc([C@@H]2O[C@H]2C(=O)O)c1. The van der Waals surface area contributed by atoms with Gasteiger partial charge >= 0.3 is 5.97 Å². The molecule has 0 spiro atoms. The third-order valence-corrected chi connectivity index (χ3v) is 2.11. The molecule has 0 amide bonds. The molecule has 0 unspecified atom stereocenters. The Morgan fingerprint density at radius 3 is 2.85 bits per heavy atom. The highest BCUT2D eigenvalue weighted by Gasteiger charge is 2.46. The van der Waals surface area contributed by atoms with Crippen LogP contribution in [0.4, 0.5) is 0 Å². The molecule has 1 aliphatic heterocycles. The number of carbonyl (C=O) groups is 1. The van der Waals surface area contributed by atoms with Crippen molar-refractivity contribution in [2.24, 2.45) is 0 Å². The van der Waals surface area contributed by atoms with E-state index in [9.17, 15) is 4.79 Å². The smallest absolute Gasteiger partial charge is 0.335 e. The summed E-state index contributed by atoms with van der Waals surface area (Å²) in [5, 5.41) is 8.63. The Hall–Kier alpha value is -1.35. The Morgan fingerprint density at radius 2 is 2.31 bits per heavy atom. The van der Waals surface area contributed by atoms with E-state index < -0.39 is 12.1 Å². The average molecular weight is 178 g/mol. The summed E-state index contributed by atoms with van der Waals surface area (Å²) >= 11 is 0. The second-order valence-electron chi connectivity index (χ2n) is 3.23. The van der Waals surface area contributed by atoms with E-state index in [-0.39, 0.29) is 6.10 Å². The van der Waals surface area contributed by atoms with E-state index in [1.165, 1.54) is 0 Å². The number of aliphatic carboxylic acids is 1. The van der Waals surface area contributed by atoms with Crippen molar-refractivity contribution >= 4 is 5.97 Å². The highest BCUT2D eigenvalue weighted by molar-refractivity contribution is 5.76. The summed E-state index contributed by atoms with van der Waals surface area (Å²) in [6.07, 6.45) is -0.876. The van der Waals surface area contributed by atoms with Gasteiger partial charge in [-0.1, -0.05) is 29.8 Å². The molecule has 1 N–H and O–H groups in total. The van der Waals surface area contributed by atoms with Crippen molar-refractivity contribution in [3.8, 4) is 0 Å². The van der Waals surface area contributed by atoms with Crippen molar-refractivity contribution in [1.29, 1.82) is 0 Å². The lowest BCUT2D eigenvalue weighted by molar-refractivity contribution is -0.138. The Morgan fingerprint density at radius 1 is 1.54 bits per heavy atom. The summed E-state index contributed by atoms with van der Waals surface area (Å²) in [5.74, 6) is -0.883. The topological polar surface area (TPSA) is 49.8 Å². The molecular weight excluding hydrogens is 168 g/mol. The van der Waals surface area contributed by atoms with Crippen molar-refractivity contribution in [2.45, 2.75) is 19.1 Å². The van der Waals surface area contributed by atoms with Gasteiger partial charge in [-0.3, -0.25) is 0 Å². The summed E-state index contributed by atoms with van der Waals surface area (Å²) in [4.78, 5) is 10.5. The van der Waals surface area contributed by atoms with Crippen LogP contribution in [0.2, 0.25) is 0 Å². The Kier molecular flexibility index (Phi) is 1.81. The van der Waals surface area contributed by atoms with E-state index in [0.29, 0.717) is 0 Å². The summed E-state index contributed by atoms with van der Waals surface area (Å²) in [6, 6.07) is 7.72. The van der Waals surface area contributed by atoms with Gasteiger partial charge in [-0.25, -0.2) is 4.79 Å². The lowest BCUT2D eigenvalue weighted by atomic mass is 10.1. The molecule has 2 rings (SSSR count). The number of hydrogen-bond donors (Lipinski definition) is 1. The van der Waals surface area contributed by atoms with Crippen molar-refractivity contribution in [1.82, 2.24) is 0 Å². The van der Waals surface area contributed by atoms with Gasteiger partial charge in [0, 0.05) is 0 Å². The van der Waals surface area contributed by atoms with Gasteiger partial charge in [0.25, 0.3) is 0 Å². The molecule has 1 heterocycles. The molecule has 3 heteroatoms. The first-order chi connectivity index (χ1) is 6.18. The first-order valence-electron chi connectivity index (χ1n) is 4.13. The number of rotatable bonds is 2. The molecule has 2 atom stereocenters. The van der Waals surface area contributed by atoms with Crippen LogP contribution in [0.15, 0.2) is 24.3 Å². The first kappa shape index (κ1) is 8.26. The summed E-state index contributed by atoms with van der Waals surface area (Å²) in [6.45, 7) is 1.97. The van der Waals surface area contributed by atoms with Crippen molar-refractivity contribution in [2.75, 3.05) is 0 Å². The fraction of sp³-hybridized carbons (Fsp3) is 0.300. The summed E-state index contributed by atoms with van der Waals surface area (Å²) in [5.41, 5.74) is 2.07. The zero-order valence-corrected chi connectivity index (χ0v) is 7.23. The van der Waals surface area contributed by atoms with Crippen LogP contribution in [-0.4, -0.2) is 17.2 Å². The van der Waals surface area contributed by atoms with E-state index in [4.69, 9.17) is 9.84 Å². The van der Waals surface area contributed by atoms with Gasteiger partial charge in [0.05, 0.1) is 0 Å². The molecule has 13 heavy (non-hydrogen) atoms. The number of hydrogen-bond acceptors (Lipinski definition) is 2. The van der Waals surface area contributed by atoms with Crippen LogP contribution < -0.4 is 0 Å². The molecule has 3 nitrogen and oxygen atoms in total. The predicted molar refractivity (Wildman–Crippen MR) is 46.4 cm³/mol. The van der Waals surface area contributed by atoms with Crippen LogP contribution in [0.3, 0.4) is 0 Å². The second kappa shape index (κ2) is 2.85. The van der Waals surface area contributed by atoms with Crippen molar-refractivity contribution in [3.63, 3.8) is 0 Å². The van der Waals surface area contributed by atoms with Crippen LogP contribution in [0, 0.1) is 6.92 Å². The van der Waals surface area contributed by atoms with E-state index >= 15 is 0 Å². The maximum atomic E-state index is 10.5. The molecule has 0 aliphatic carbocycles. The van der Waals surface area contributed by atoms with Crippen LogP contribution in [0.1, 0.15) is 17.2 Å². The minimum atomic E-state index is -0.883. The normalized spacial score (nSPS) is 25.6. The number of carboxylic acids is 1. The lowest BCUT2D eigenvalue weighted by Crippen LogP contribution is -2.04. The van der Waals surface area contributed by atoms with Crippen LogP contribution in [0.5, 0.6) is 0 Å². The Balaban J connectivity index is 2.16. The fourth-order valence-electron chi connectivity index (χ4n) is 1.40. The highest BCUT2D eigenvalue weighted by Crippen LogP contribution is 2.38. The standard InChI is InChI=1S/C10H10O3/c1-6-3-2-4-7(5-6)8-9(13-8)10(11)12/h2-5,8-9H,1H3,(H,11,12)/t8-,9+/m0/s1. The predicted octanol–water partition coefficient (Wildman–Crippen LogP) is 1.52. The molecule has 0 aromatic heterocycles. The molecule has 1 aromatic rings. The van der Waals surface area contributed by atoms with Crippen molar-refractivity contribution in [3.05, 3.63) is 35.4 Å². The molecule has 1 fully saturated rings. The molecular formula is C10H10O3. The minimum absolute atomic E-state index is 0.239. The largest absolute Gasteiger partial charge is 0.479 e. The zero-order chi connectivity index (χ0) is 9.42. The third-order valence-electron chi connectivity index (χ3n) is 2.11. The number of carboxylic acid groups (broad SMARTS) is 1. The lowest BCUT2D eigenvalue weighted by Gasteiger charge is -1.96. The first-order valence-corrected chi connectivity index (χ1v) is 4.13. The zero-order valence-electron chi connectivity index (χ0n) is 7.23. The van der Waals surface area contributed by atoms with Crippen LogP contribution in [-0.2, 0) is 9.53 Å². The molecule has 1 saturated heterocycles. The molecule has 0 bridgehead atoms. The van der Waals surface area contributed by atoms with Gasteiger partial charge in [0.15, 0.2) is 6.10 Å². The maximum absolute atomic E-state index is 10.5. The molecule has 1 aliphatic rings. The Labute approximate surface area is 76.0 Å². The van der Waals surface area contributed by atoms with Crippen LogP contribution in [0.25, 0.3) is 0 Å². The number of ether oxygens (including phenoxy) is 1. The van der Waals surface area contributed by atoms with Gasteiger partial charge in [-0.2, -0.15) is 0 Å². The van der Waals surface area contributed by atoms with Gasteiger partial charge in [-0.15, -0.1) is 0 Å². The molecule has 1 aromatic carbocycles. The highest BCUT2D eigenvalue weighted by atomic mass is 16.6. The second-order valence-corrected chi connectivity index (χ2v) is 3.23. The third kappa shape index (κ3) is 1.55. The maximum Gasteiger partial charge on any atom is 0.335 e.